The van der Waals surface area contributed by atoms with E-state index in [1.165, 1.54) is 25.7 Å². The van der Waals surface area contributed by atoms with Crippen LogP contribution in [-0.2, 0) is 4.79 Å². The molecule has 0 saturated heterocycles. The quantitative estimate of drug-likeness (QED) is 0.247. The van der Waals surface area contributed by atoms with Crippen LogP contribution in [0.15, 0.2) is 84.9 Å². The molecule has 0 aliphatic heterocycles. The summed E-state index contributed by atoms with van der Waals surface area (Å²) >= 11 is 5.41. The molecule has 0 unspecified atom stereocenters. The molecule has 5 heteroatoms. The van der Waals surface area contributed by atoms with Gasteiger partial charge in [-0.3, -0.25) is 4.79 Å². The van der Waals surface area contributed by atoms with Gasteiger partial charge in [-0.15, -0.1) is 0 Å². The molecule has 0 aliphatic carbocycles. The van der Waals surface area contributed by atoms with E-state index >= 15 is 0 Å². The van der Waals surface area contributed by atoms with E-state index < -0.39 is 5.92 Å². The Labute approximate surface area is 202 Å². The van der Waals surface area contributed by atoms with E-state index in [1.807, 2.05) is 84.9 Å². The maximum atomic E-state index is 13.2. The molecule has 3 rings (SSSR count). The van der Waals surface area contributed by atoms with Crippen molar-refractivity contribution in [1.29, 1.82) is 0 Å². The topological polar surface area (TPSA) is 50.4 Å². The summed E-state index contributed by atoms with van der Waals surface area (Å²) in [5, 5.41) is 6.21. The van der Waals surface area contributed by atoms with E-state index in [9.17, 15) is 4.79 Å². The molecule has 3 aromatic rings. The molecule has 3 aromatic carbocycles. The van der Waals surface area contributed by atoms with Crippen LogP contribution in [0.1, 0.15) is 56.1 Å². The van der Waals surface area contributed by atoms with Gasteiger partial charge in [0.2, 0.25) is 5.91 Å². The molecule has 0 radical (unpaired) electrons. The van der Waals surface area contributed by atoms with E-state index in [0.717, 1.165) is 35.6 Å². The average Bonchev–Trinajstić information content (AvgIpc) is 2.84. The van der Waals surface area contributed by atoms with E-state index in [-0.39, 0.29) is 11.0 Å². The average molecular weight is 461 g/mol. The minimum absolute atomic E-state index is 0.173. The fourth-order valence-electron chi connectivity index (χ4n) is 3.66. The van der Waals surface area contributed by atoms with Crippen molar-refractivity contribution in [2.45, 2.75) is 44.9 Å². The number of thiocarbonyl (C=S) groups is 1. The molecule has 0 heterocycles. The zero-order chi connectivity index (χ0) is 23.3. The van der Waals surface area contributed by atoms with Gasteiger partial charge in [0.05, 0.1) is 12.5 Å². The van der Waals surface area contributed by atoms with E-state index in [4.69, 9.17) is 17.0 Å². The molecule has 1 amide bonds. The zero-order valence-corrected chi connectivity index (χ0v) is 19.9. The van der Waals surface area contributed by atoms with Crippen molar-refractivity contribution >= 4 is 28.9 Å². The van der Waals surface area contributed by atoms with Gasteiger partial charge >= 0.3 is 0 Å². The van der Waals surface area contributed by atoms with Gasteiger partial charge in [0.1, 0.15) is 5.75 Å². The third kappa shape index (κ3) is 8.03. The molecule has 0 bridgehead atoms. The van der Waals surface area contributed by atoms with Gasteiger partial charge in [-0.25, -0.2) is 0 Å². The molecule has 0 fully saturated rings. The number of nitrogens with one attached hydrogen (secondary N) is 2. The van der Waals surface area contributed by atoms with Gasteiger partial charge in [0, 0.05) is 5.69 Å². The smallest absolute Gasteiger partial charge is 0.238 e. The SMILES string of the molecule is CCCCCCCOc1ccc(NC(=S)NC(=O)C(c2ccccc2)c2ccccc2)cc1. The van der Waals surface area contributed by atoms with Crippen LogP contribution < -0.4 is 15.4 Å². The summed E-state index contributed by atoms with van der Waals surface area (Å²) in [4.78, 5) is 13.2. The molecular weight excluding hydrogens is 428 g/mol. The molecule has 2 N–H and O–H groups in total. The minimum Gasteiger partial charge on any atom is -0.494 e. The lowest BCUT2D eigenvalue weighted by molar-refractivity contribution is -0.120. The number of hydrogen-bond acceptors (Lipinski definition) is 3. The van der Waals surface area contributed by atoms with Gasteiger partial charge in [0.25, 0.3) is 0 Å². The fourth-order valence-corrected chi connectivity index (χ4v) is 3.88. The van der Waals surface area contributed by atoms with Crippen molar-refractivity contribution in [3.63, 3.8) is 0 Å². The van der Waals surface area contributed by atoms with Crippen LogP contribution in [0.2, 0.25) is 0 Å². The summed E-state index contributed by atoms with van der Waals surface area (Å²) in [6.45, 7) is 2.94. The largest absolute Gasteiger partial charge is 0.494 e. The third-order valence-electron chi connectivity index (χ3n) is 5.39. The predicted molar refractivity (Wildman–Crippen MR) is 140 cm³/mol. The Morgan fingerprint density at radius 3 is 1.97 bits per heavy atom. The van der Waals surface area contributed by atoms with Crippen LogP contribution in [-0.4, -0.2) is 17.6 Å². The van der Waals surface area contributed by atoms with Crippen LogP contribution in [0, 0.1) is 0 Å². The molecular formula is C28H32N2O2S. The second-order valence-corrected chi connectivity index (χ2v) is 8.39. The lowest BCUT2D eigenvalue weighted by Crippen LogP contribution is -2.37. The molecule has 172 valence electrons. The first-order valence-electron chi connectivity index (χ1n) is 11.6. The Hall–Kier alpha value is -3.18. The summed E-state index contributed by atoms with van der Waals surface area (Å²) in [6, 6.07) is 27.1. The van der Waals surface area contributed by atoms with Gasteiger partial charge in [-0.05, 0) is 54.0 Å². The number of ether oxygens (including phenoxy) is 1. The Morgan fingerprint density at radius 1 is 0.818 bits per heavy atom. The van der Waals surface area contributed by atoms with Crippen LogP contribution in [0.5, 0.6) is 5.75 Å². The third-order valence-corrected chi connectivity index (χ3v) is 5.60. The molecule has 0 aliphatic rings. The highest BCUT2D eigenvalue weighted by Crippen LogP contribution is 2.25. The molecule has 0 saturated carbocycles. The van der Waals surface area contributed by atoms with Gasteiger partial charge in [0.15, 0.2) is 5.11 Å². The predicted octanol–water partition coefficient (Wildman–Crippen LogP) is 6.68. The van der Waals surface area contributed by atoms with E-state index in [1.54, 1.807) is 0 Å². The summed E-state index contributed by atoms with van der Waals surface area (Å²) < 4.78 is 5.81. The highest BCUT2D eigenvalue weighted by molar-refractivity contribution is 7.80. The van der Waals surface area contributed by atoms with Crippen LogP contribution >= 0.6 is 12.2 Å². The summed E-state index contributed by atoms with van der Waals surface area (Å²) in [6.07, 6.45) is 6.07. The monoisotopic (exact) mass is 460 g/mol. The number of anilines is 1. The van der Waals surface area contributed by atoms with Crippen LogP contribution in [0.3, 0.4) is 0 Å². The van der Waals surface area contributed by atoms with Gasteiger partial charge < -0.3 is 15.4 Å². The fraction of sp³-hybridized carbons (Fsp3) is 0.286. The number of rotatable bonds is 11. The number of amides is 1. The van der Waals surface area contributed by atoms with Crippen LogP contribution in [0.4, 0.5) is 5.69 Å². The van der Waals surface area contributed by atoms with Crippen molar-refractivity contribution in [1.82, 2.24) is 5.32 Å². The van der Waals surface area contributed by atoms with Crippen molar-refractivity contribution < 1.29 is 9.53 Å². The summed E-state index contributed by atoms with van der Waals surface area (Å²) in [5.74, 6) is 0.215. The number of unbranched alkanes of at least 4 members (excludes halogenated alkanes) is 4. The maximum absolute atomic E-state index is 13.2. The standard InChI is InChI=1S/C28H32N2O2S/c1-2-3-4-5-12-21-32-25-19-17-24(18-20-25)29-28(33)30-27(31)26(22-13-8-6-9-14-22)23-15-10-7-11-16-23/h6-11,13-20,26H,2-5,12,21H2,1H3,(H2,29,30,31,33). The number of hydrogen-bond donors (Lipinski definition) is 2. The molecule has 0 atom stereocenters. The molecule has 0 aromatic heterocycles. The summed E-state index contributed by atoms with van der Waals surface area (Å²) in [5.41, 5.74) is 2.63. The molecule has 0 spiro atoms. The first kappa shape index (κ1) is 24.5. The van der Waals surface area contributed by atoms with Crippen molar-refractivity contribution in [2.75, 3.05) is 11.9 Å². The van der Waals surface area contributed by atoms with Crippen molar-refractivity contribution in [3.05, 3.63) is 96.1 Å². The first-order valence-corrected chi connectivity index (χ1v) is 12.0. The Balaban J connectivity index is 1.54. The second-order valence-electron chi connectivity index (χ2n) is 7.98. The number of carbonyl (C=O) groups is 1. The Kier molecular flexibility index (Phi) is 9.92. The van der Waals surface area contributed by atoms with E-state index in [0.29, 0.717) is 0 Å². The molecule has 33 heavy (non-hydrogen) atoms. The normalized spacial score (nSPS) is 10.6. The highest BCUT2D eigenvalue weighted by Gasteiger charge is 2.23. The number of benzene rings is 3. The number of carbonyl (C=O) groups excluding carboxylic acids is 1. The first-order chi connectivity index (χ1) is 16.2. The maximum Gasteiger partial charge on any atom is 0.238 e. The lowest BCUT2D eigenvalue weighted by Gasteiger charge is -2.18. The van der Waals surface area contributed by atoms with Crippen LogP contribution in [0.25, 0.3) is 0 Å². The zero-order valence-electron chi connectivity index (χ0n) is 19.1. The lowest BCUT2D eigenvalue weighted by atomic mass is 9.90. The minimum atomic E-state index is -0.444. The van der Waals surface area contributed by atoms with E-state index in [2.05, 4.69) is 17.6 Å². The highest BCUT2D eigenvalue weighted by atomic mass is 32.1. The van der Waals surface area contributed by atoms with Crippen molar-refractivity contribution in [2.24, 2.45) is 0 Å². The Bertz CT molecular complexity index is 952. The van der Waals surface area contributed by atoms with Crippen molar-refractivity contribution in [3.8, 4) is 5.75 Å². The van der Waals surface area contributed by atoms with Gasteiger partial charge in [-0.2, -0.15) is 0 Å². The van der Waals surface area contributed by atoms with Gasteiger partial charge in [-0.1, -0.05) is 93.3 Å². The molecule has 4 nitrogen and oxygen atoms in total. The Morgan fingerprint density at radius 2 is 1.39 bits per heavy atom. The summed E-state index contributed by atoms with van der Waals surface area (Å²) in [7, 11) is 0. The second kappa shape index (κ2) is 13.4.